The number of hydrogen-bond acceptors (Lipinski definition) is 5. The summed E-state index contributed by atoms with van der Waals surface area (Å²) < 4.78 is 0. The fourth-order valence-electron chi connectivity index (χ4n) is 3.60. The van der Waals surface area contributed by atoms with Gasteiger partial charge in [-0.25, -0.2) is 5.84 Å². The first-order chi connectivity index (χ1) is 14.3. The number of nitrogens with one attached hydrogen (secondary N) is 1. The number of nitrogens with two attached hydrogens (primary N) is 2. The molecule has 0 aliphatic carbocycles. The summed E-state index contributed by atoms with van der Waals surface area (Å²) in [6.07, 6.45) is 0.196. The van der Waals surface area contributed by atoms with E-state index in [9.17, 15) is 9.59 Å². The maximum atomic E-state index is 13.2. The number of hydrogen-bond donors (Lipinski definition) is 3. The lowest BCUT2D eigenvalue weighted by Gasteiger charge is -2.34. The van der Waals surface area contributed by atoms with Gasteiger partial charge in [-0.15, -0.1) is 0 Å². The van der Waals surface area contributed by atoms with Crippen LogP contribution in [0.25, 0.3) is 11.4 Å². The van der Waals surface area contributed by atoms with Crippen molar-refractivity contribution in [2.24, 2.45) is 11.6 Å². The third kappa shape index (κ3) is 4.31. The molecule has 0 saturated carbocycles. The van der Waals surface area contributed by atoms with Crippen molar-refractivity contribution < 1.29 is 9.59 Å². The number of para-hydroxylation sites is 1. The second-order valence-electron chi connectivity index (χ2n) is 7.65. The van der Waals surface area contributed by atoms with Gasteiger partial charge in [0.1, 0.15) is 0 Å². The molecule has 0 fully saturated rings. The highest BCUT2D eigenvalue weighted by atomic mass is 16.2. The SMILES string of the molecule is CC(=O)NCCC(=O)N1Cc2ccccc2/C(N)=C(/N(N)C(C)C)c2ccccc21. The van der Waals surface area contributed by atoms with Crippen molar-refractivity contribution in [2.45, 2.75) is 39.8 Å². The van der Waals surface area contributed by atoms with Gasteiger partial charge in [-0.1, -0.05) is 42.5 Å². The summed E-state index contributed by atoms with van der Waals surface area (Å²) in [5.74, 6) is 6.21. The molecule has 0 saturated heterocycles. The van der Waals surface area contributed by atoms with Crippen molar-refractivity contribution in [2.75, 3.05) is 11.4 Å². The molecule has 7 heteroatoms. The van der Waals surface area contributed by atoms with E-state index in [-0.39, 0.29) is 30.8 Å². The summed E-state index contributed by atoms with van der Waals surface area (Å²) in [5, 5.41) is 4.34. The van der Waals surface area contributed by atoms with Gasteiger partial charge in [0.05, 0.1) is 23.6 Å². The molecule has 0 unspecified atom stereocenters. The van der Waals surface area contributed by atoms with Crippen molar-refractivity contribution in [3.8, 4) is 0 Å². The van der Waals surface area contributed by atoms with Crippen LogP contribution in [0.4, 0.5) is 5.69 Å². The fraction of sp³-hybridized carbons (Fsp3) is 0.304. The van der Waals surface area contributed by atoms with Crippen LogP contribution in [0, 0.1) is 0 Å². The highest BCUT2D eigenvalue weighted by Crippen LogP contribution is 2.37. The number of fused-ring (bicyclic) bond motifs is 2. The quantitative estimate of drug-likeness (QED) is 0.522. The van der Waals surface area contributed by atoms with Crippen molar-refractivity contribution in [1.82, 2.24) is 10.3 Å². The Morgan fingerprint density at radius 2 is 1.73 bits per heavy atom. The predicted octanol–water partition coefficient (Wildman–Crippen LogP) is 2.43. The van der Waals surface area contributed by atoms with Gasteiger partial charge in [0.25, 0.3) is 0 Å². The third-order valence-corrected chi connectivity index (χ3v) is 5.17. The minimum Gasteiger partial charge on any atom is -0.396 e. The summed E-state index contributed by atoms with van der Waals surface area (Å²) in [6.45, 7) is 6.09. The smallest absolute Gasteiger partial charge is 0.229 e. The molecule has 2 amide bonds. The van der Waals surface area contributed by atoms with E-state index in [0.717, 1.165) is 22.4 Å². The number of anilines is 1. The number of benzene rings is 2. The third-order valence-electron chi connectivity index (χ3n) is 5.17. The molecule has 30 heavy (non-hydrogen) atoms. The minimum absolute atomic E-state index is 0.00196. The van der Waals surface area contributed by atoms with Gasteiger partial charge >= 0.3 is 0 Å². The molecular formula is C23H29N5O2. The second-order valence-corrected chi connectivity index (χ2v) is 7.65. The molecule has 1 heterocycles. The number of amides is 2. The van der Waals surface area contributed by atoms with E-state index in [1.807, 2.05) is 62.4 Å². The van der Waals surface area contributed by atoms with Gasteiger partial charge in [0.2, 0.25) is 11.8 Å². The molecule has 1 aliphatic heterocycles. The van der Waals surface area contributed by atoms with E-state index in [0.29, 0.717) is 17.9 Å². The molecule has 3 rings (SSSR count). The van der Waals surface area contributed by atoms with Gasteiger partial charge in [0.15, 0.2) is 0 Å². The Morgan fingerprint density at radius 1 is 1.10 bits per heavy atom. The standard InChI is InChI=1S/C23H29N5O2/c1-15(2)28(25)23-19-10-6-7-11-20(19)27(21(30)12-13-26-16(3)29)14-17-8-4-5-9-18(17)22(23)24/h4-11,15H,12-14,24-25H2,1-3H3,(H,26,29)/b23-22-. The van der Waals surface area contributed by atoms with Crippen LogP contribution in [-0.2, 0) is 16.1 Å². The largest absolute Gasteiger partial charge is 0.396 e. The van der Waals surface area contributed by atoms with Crippen LogP contribution in [0.5, 0.6) is 0 Å². The molecule has 7 nitrogen and oxygen atoms in total. The van der Waals surface area contributed by atoms with Gasteiger partial charge in [-0.05, 0) is 25.5 Å². The lowest BCUT2D eigenvalue weighted by Crippen LogP contribution is -2.40. The molecule has 1 aliphatic rings. The van der Waals surface area contributed by atoms with E-state index < -0.39 is 0 Å². The van der Waals surface area contributed by atoms with Crippen molar-refractivity contribution in [3.63, 3.8) is 0 Å². The van der Waals surface area contributed by atoms with E-state index >= 15 is 0 Å². The highest BCUT2D eigenvalue weighted by Gasteiger charge is 2.28. The zero-order valence-corrected chi connectivity index (χ0v) is 17.7. The van der Waals surface area contributed by atoms with Crippen LogP contribution < -0.4 is 21.8 Å². The fourth-order valence-corrected chi connectivity index (χ4v) is 3.60. The maximum Gasteiger partial charge on any atom is 0.229 e. The van der Waals surface area contributed by atoms with Crippen molar-refractivity contribution >= 4 is 28.9 Å². The topological polar surface area (TPSA) is 105 Å². The number of rotatable bonds is 5. The number of carbonyl (C=O) groups excluding carboxylic acids is 2. The molecule has 0 radical (unpaired) electrons. The number of hydrazine groups is 1. The number of carbonyl (C=O) groups is 2. The van der Waals surface area contributed by atoms with Gasteiger partial charge < -0.3 is 21.0 Å². The number of nitrogens with zero attached hydrogens (tertiary/aromatic N) is 2. The Kier molecular flexibility index (Phi) is 6.42. The first kappa shape index (κ1) is 21.4. The lowest BCUT2D eigenvalue weighted by molar-refractivity contribution is -0.120. The minimum atomic E-state index is -0.157. The molecule has 0 atom stereocenters. The van der Waals surface area contributed by atoms with Crippen molar-refractivity contribution in [1.29, 1.82) is 0 Å². The molecular weight excluding hydrogens is 378 g/mol. The molecule has 2 aromatic rings. The zero-order chi connectivity index (χ0) is 21.8. The first-order valence-corrected chi connectivity index (χ1v) is 10.1. The van der Waals surface area contributed by atoms with E-state index in [1.54, 1.807) is 9.91 Å². The van der Waals surface area contributed by atoms with E-state index in [2.05, 4.69) is 5.32 Å². The molecule has 2 aromatic carbocycles. The molecule has 5 N–H and O–H groups in total. The van der Waals surface area contributed by atoms with E-state index in [1.165, 1.54) is 6.92 Å². The summed E-state index contributed by atoms with van der Waals surface area (Å²) in [7, 11) is 0. The van der Waals surface area contributed by atoms with Crippen LogP contribution in [0.15, 0.2) is 48.5 Å². The predicted molar refractivity (Wildman–Crippen MR) is 120 cm³/mol. The normalized spacial score (nSPS) is 15.7. The summed E-state index contributed by atoms with van der Waals surface area (Å²) in [6, 6.07) is 15.4. The van der Waals surface area contributed by atoms with Crippen LogP contribution in [-0.4, -0.2) is 29.4 Å². The molecule has 158 valence electrons. The Morgan fingerprint density at radius 3 is 2.40 bits per heavy atom. The molecule has 0 bridgehead atoms. The van der Waals surface area contributed by atoms with Crippen LogP contribution in [0.3, 0.4) is 0 Å². The van der Waals surface area contributed by atoms with E-state index in [4.69, 9.17) is 11.6 Å². The first-order valence-electron chi connectivity index (χ1n) is 10.1. The van der Waals surface area contributed by atoms with Gasteiger partial charge in [-0.2, -0.15) is 0 Å². The van der Waals surface area contributed by atoms with Crippen LogP contribution in [0.2, 0.25) is 0 Å². The van der Waals surface area contributed by atoms with Gasteiger partial charge in [0, 0.05) is 37.1 Å². The molecule has 0 aromatic heterocycles. The zero-order valence-electron chi connectivity index (χ0n) is 17.7. The lowest BCUT2D eigenvalue weighted by atomic mass is 9.95. The molecule has 0 spiro atoms. The average molecular weight is 408 g/mol. The Balaban J connectivity index is 2.17. The van der Waals surface area contributed by atoms with Gasteiger partial charge in [-0.3, -0.25) is 9.59 Å². The highest BCUT2D eigenvalue weighted by molar-refractivity contribution is 6.01. The van der Waals surface area contributed by atoms with Crippen molar-refractivity contribution in [3.05, 3.63) is 65.2 Å². The Hall–Kier alpha value is -3.32. The Labute approximate surface area is 177 Å². The van der Waals surface area contributed by atoms with Crippen LogP contribution >= 0.6 is 0 Å². The summed E-state index contributed by atoms with van der Waals surface area (Å²) in [5.41, 5.74) is 11.3. The summed E-state index contributed by atoms with van der Waals surface area (Å²) >= 11 is 0. The van der Waals surface area contributed by atoms with Crippen LogP contribution in [0.1, 0.15) is 43.9 Å². The second kappa shape index (κ2) is 9.00. The monoisotopic (exact) mass is 407 g/mol. The summed E-state index contributed by atoms with van der Waals surface area (Å²) in [4.78, 5) is 26.1. The Bertz CT molecular complexity index is 983. The maximum absolute atomic E-state index is 13.2. The average Bonchev–Trinajstić information content (AvgIpc) is 2.71.